The number of halogens is 4. The molecule has 3 rings (SSSR count). The van der Waals surface area contributed by atoms with Gasteiger partial charge in [0.1, 0.15) is 11.3 Å². The molecule has 0 aliphatic carbocycles. The number of alkyl halides is 3. The smallest absolute Gasteiger partial charge is 0.324 e. The summed E-state index contributed by atoms with van der Waals surface area (Å²) in [5.74, 6) is -1.28. The molecule has 1 atom stereocenters. The fourth-order valence-electron chi connectivity index (χ4n) is 3.19. The van der Waals surface area contributed by atoms with Crippen LogP contribution in [0.25, 0.3) is 10.9 Å². The van der Waals surface area contributed by atoms with Gasteiger partial charge in [0.2, 0.25) is 5.91 Å². The Kier molecular flexibility index (Phi) is 5.36. The zero-order valence-electron chi connectivity index (χ0n) is 15.1. The van der Waals surface area contributed by atoms with Crippen LogP contribution in [0.15, 0.2) is 60.8 Å². The number of nitrogens with one attached hydrogen (secondary N) is 1. The summed E-state index contributed by atoms with van der Waals surface area (Å²) in [5, 5.41) is 2.96. The third kappa shape index (κ3) is 4.65. The van der Waals surface area contributed by atoms with E-state index >= 15 is 0 Å². The van der Waals surface area contributed by atoms with Gasteiger partial charge in [-0.2, -0.15) is 13.2 Å². The highest BCUT2D eigenvalue weighted by Gasteiger charge is 2.44. The highest BCUT2D eigenvalue weighted by Crippen LogP contribution is 2.37. The summed E-state index contributed by atoms with van der Waals surface area (Å²) in [6.07, 6.45) is -4.61. The van der Waals surface area contributed by atoms with Gasteiger partial charge in [-0.1, -0.05) is 49.4 Å². The number of hydrogen-bond donors (Lipinski definition) is 1. The SMILES string of the molecule is C[C@@](Cc1ccccc1)(CC(F)(F)F)C(=O)Nc1cnc2c(F)cccc2c1. The summed E-state index contributed by atoms with van der Waals surface area (Å²) in [5.41, 5.74) is -0.744. The average Bonchev–Trinajstić information content (AvgIpc) is 2.61. The van der Waals surface area contributed by atoms with Crippen molar-refractivity contribution < 1.29 is 22.4 Å². The van der Waals surface area contributed by atoms with Crippen molar-refractivity contribution in [3.05, 3.63) is 72.2 Å². The highest BCUT2D eigenvalue weighted by molar-refractivity contribution is 5.96. The second kappa shape index (κ2) is 7.58. The van der Waals surface area contributed by atoms with Crippen LogP contribution in [0.4, 0.5) is 23.2 Å². The quantitative estimate of drug-likeness (QED) is 0.584. The molecule has 0 aliphatic heterocycles. The molecule has 0 unspecified atom stereocenters. The van der Waals surface area contributed by atoms with Crippen LogP contribution in [0, 0.1) is 11.2 Å². The summed E-state index contributed by atoms with van der Waals surface area (Å²) < 4.78 is 53.2. The second-order valence-corrected chi connectivity index (χ2v) is 7.00. The fourth-order valence-corrected chi connectivity index (χ4v) is 3.19. The number of carbonyl (C=O) groups is 1. The van der Waals surface area contributed by atoms with E-state index in [-0.39, 0.29) is 17.6 Å². The van der Waals surface area contributed by atoms with E-state index in [1.54, 1.807) is 36.4 Å². The van der Waals surface area contributed by atoms with Crippen molar-refractivity contribution in [1.29, 1.82) is 0 Å². The molecule has 7 heteroatoms. The summed E-state index contributed by atoms with van der Waals surface area (Å²) in [6.45, 7) is 1.29. The Balaban J connectivity index is 1.88. The molecule has 0 saturated heterocycles. The van der Waals surface area contributed by atoms with Crippen LogP contribution in [-0.2, 0) is 11.2 Å². The number of nitrogens with zero attached hydrogens (tertiary/aromatic N) is 1. The number of aromatic nitrogens is 1. The molecule has 0 saturated carbocycles. The lowest BCUT2D eigenvalue weighted by molar-refractivity contribution is -0.164. The third-order valence-electron chi connectivity index (χ3n) is 4.50. The molecular weight excluding hydrogens is 372 g/mol. The van der Waals surface area contributed by atoms with Crippen LogP contribution < -0.4 is 5.32 Å². The van der Waals surface area contributed by atoms with E-state index in [9.17, 15) is 22.4 Å². The van der Waals surface area contributed by atoms with Crippen molar-refractivity contribution in [3.63, 3.8) is 0 Å². The van der Waals surface area contributed by atoms with Gasteiger partial charge < -0.3 is 5.32 Å². The first-order valence-electron chi connectivity index (χ1n) is 8.63. The van der Waals surface area contributed by atoms with Gasteiger partial charge in [-0.15, -0.1) is 0 Å². The molecular formula is C21H18F4N2O. The number of para-hydroxylation sites is 1. The second-order valence-electron chi connectivity index (χ2n) is 7.00. The topological polar surface area (TPSA) is 42.0 Å². The Morgan fingerprint density at radius 1 is 1.07 bits per heavy atom. The highest BCUT2D eigenvalue weighted by atomic mass is 19.4. The number of amides is 1. The number of anilines is 1. The molecule has 0 fully saturated rings. The Bertz CT molecular complexity index is 989. The van der Waals surface area contributed by atoms with E-state index < -0.39 is 29.7 Å². The van der Waals surface area contributed by atoms with Crippen LogP contribution in [-0.4, -0.2) is 17.1 Å². The number of rotatable bonds is 5. The molecule has 3 nitrogen and oxygen atoms in total. The molecule has 2 aromatic carbocycles. The van der Waals surface area contributed by atoms with Crippen molar-refractivity contribution in [2.75, 3.05) is 5.32 Å². The predicted molar refractivity (Wildman–Crippen MR) is 99.3 cm³/mol. The first-order chi connectivity index (χ1) is 13.2. The van der Waals surface area contributed by atoms with Crippen molar-refractivity contribution in [1.82, 2.24) is 4.98 Å². The lowest BCUT2D eigenvalue weighted by atomic mass is 9.79. The molecule has 0 radical (unpaired) electrons. The molecule has 28 heavy (non-hydrogen) atoms. The fraction of sp³-hybridized carbons (Fsp3) is 0.238. The first kappa shape index (κ1) is 19.8. The number of carbonyl (C=O) groups excluding carboxylic acids is 1. The van der Waals surface area contributed by atoms with Gasteiger partial charge in [-0.25, -0.2) is 4.39 Å². The van der Waals surface area contributed by atoms with Gasteiger partial charge in [0.25, 0.3) is 0 Å². The summed E-state index contributed by atoms with van der Waals surface area (Å²) >= 11 is 0. The molecule has 0 aliphatic rings. The van der Waals surface area contributed by atoms with E-state index in [2.05, 4.69) is 10.3 Å². The average molecular weight is 390 g/mol. The van der Waals surface area contributed by atoms with E-state index in [1.807, 2.05) is 0 Å². The van der Waals surface area contributed by atoms with Gasteiger partial charge >= 0.3 is 6.18 Å². The van der Waals surface area contributed by atoms with Gasteiger partial charge in [-0.05, 0) is 24.1 Å². The van der Waals surface area contributed by atoms with Crippen LogP contribution in [0.1, 0.15) is 18.9 Å². The Morgan fingerprint density at radius 3 is 2.46 bits per heavy atom. The minimum absolute atomic E-state index is 0.0746. The van der Waals surface area contributed by atoms with Crippen molar-refractivity contribution >= 4 is 22.5 Å². The van der Waals surface area contributed by atoms with Crippen LogP contribution in [0.5, 0.6) is 0 Å². The van der Waals surface area contributed by atoms with Gasteiger partial charge in [0, 0.05) is 5.39 Å². The van der Waals surface area contributed by atoms with E-state index in [4.69, 9.17) is 0 Å². The molecule has 1 aromatic heterocycles. The maximum absolute atomic E-state index is 13.7. The molecule has 0 spiro atoms. The van der Waals surface area contributed by atoms with Gasteiger partial charge in [-0.3, -0.25) is 9.78 Å². The third-order valence-corrected chi connectivity index (χ3v) is 4.50. The van der Waals surface area contributed by atoms with E-state index in [0.29, 0.717) is 10.9 Å². The molecule has 1 N–H and O–H groups in total. The Labute approximate surface area is 159 Å². The number of pyridine rings is 1. The minimum atomic E-state index is -4.51. The first-order valence-corrected chi connectivity index (χ1v) is 8.63. The summed E-state index contributed by atoms with van der Waals surface area (Å²) in [7, 11) is 0. The van der Waals surface area contributed by atoms with Crippen LogP contribution >= 0.6 is 0 Å². The van der Waals surface area contributed by atoms with E-state index in [0.717, 1.165) is 0 Å². The van der Waals surface area contributed by atoms with Crippen LogP contribution in [0.2, 0.25) is 0 Å². The predicted octanol–water partition coefficient (Wildman–Crippen LogP) is 5.51. The van der Waals surface area contributed by atoms with Crippen molar-refractivity contribution in [2.45, 2.75) is 25.9 Å². The van der Waals surface area contributed by atoms with Crippen LogP contribution in [0.3, 0.4) is 0 Å². The Hall–Kier alpha value is -2.96. The largest absolute Gasteiger partial charge is 0.390 e. The maximum atomic E-state index is 13.7. The maximum Gasteiger partial charge on any atom is 0.390 e. The monoisotopic (exact) mass is 390 g/mol. The molecule has 0 bridgehead atoms. The minimum Gasteiger partial charge on any atom is -0.324 e. The molecule has 3 aromatic rings. The molecule has 1 heterocycles. The lowest BCUT2D eigenvalue weighted by Crippen LogP contribution is -2.39. The van der Waals surface area contributed by atoms with Gasteiger partial charge in [0.05, 0.1) is 23.7 Å². The normalized spacial score (nSPS) is 13.9. The zero-order valence-corrected chi connectivity index (χ0v) is 15.1. The number of benzene rings is 2. The standard InChI is InChI=1S/C21H18F4N2O/c1-20(13-21(23,24)25,11-14-6-3-2-4-7-14)19(28)27-16-10-15-8-5-9-17(22)18(15)26-12-16/h2-10,12H,11,13H2,1H3,(H,27,28)/t20-/m1/s1. The van der Waals surface area contributed by atoms with E-state index in [1.165, 1.54) is 31.3 Å². The molecule has 146 valence electrons. The molecule has 1 amide bonds. The van der Waals surface area contributed by atoms with Crippen molar-refractivity contribution in [3.8, 4) is 0 Å². The summed E-state index contributed by atoms with van der Waals surface area (Å²) in [6, 6.07) is 14.4. The van der Waals surface area contributed by atoms with Crippen molar-refractivity contribution in [2.24, 2.45) is 5.41 Å². The number of fused-ring (bicyclic) bond motifs is 1. The number of hydrogen-bond acceptors (Lipinski definition) is 2. The zero-order chi connectivity index (χ0) is 20.4. The lowest BCUT2D eigenvalue weighted by Gasteiger charge is -2.29. The summed E-state index contributed by atoms with van der Waals surface area (Å²) in [4.78, 5) is 16.8. The Morgan fingerprint density at radius 2 is 1.79 bits per heavy atom. The van der Waals surface area contributed by atoms with Gasteiger partial charge in [0.15, 0.2) is 0 Å².